The van der Waals surface area contributed by atoms with Crippen molar-refractivity contribution in [3.63, 3.8) is 0 Å². The van der Waals surface area contributed by atoms with E-state index in [4.69, 9.17) is 5.21 Å². The molecule has 0 aliphatic carbocycles. The smallest absolute Gasteiger partial charge is 0.152 e. The summed E-state index contributed by atoms with van der Waals surface area (Å²) in [5, 5.41) is 18.1. The molecule has 6 heteroatoms. The minimum Gasteiger partial charge on any atom is -0.372 e. The number of nitrogens with zero attached hydrogens (tertiary/aromatic N) is 2. The van der Waals surface area contributed by atoms with Gasteiger partial charge in [-0.1, -0.05) is 24.3 Å². The SMILES string of the molecule is ONC(O)c1ccc(Cn2cnc3cc(F)ccc32)cc1. The lowest BCUT2D eigenvalue weighted by Crippen LogP contribution is -2.15. The molecule has 1 unspecified atom stereocenters. The quantitative estimate of drug-likeness (QED) is 0.508. The molecule has 5 nitrogen and oxygen atoms in total. The minimum atomic E-state index is -1.10. The number of benzene rings is 2. The number of fused-ring (bicyclic) bond motifs is 1. The third kappa shape index (κ3) is 2.78. The number of nitrogens with one attached hydrogen (secondary N) is 1. The Kier molecular flexibility index (Phi) is 3.66. The maximum Gasteiger partial charge on any atom is 0.152 e. The zero-order valence-corrected chi connectivity index (χ0v) is 11.1. The number of rotatable bonds is 4. The van der Waals surface area contributed by atoms with E-state index in [-0.39, 0.29) is 5.82 Å². The molecule has 1 heterocycles. The van der Waals surface area contributed by atoms with Gasteiger partial charge < -0.3 is 14.9 Å². The molecule has 0 fully saturated rings. The molecule has 0 saturated carbocycles. The number of halogens is 1. The van der Waals surface area contributed by atoms with E-state index in [1.54, 1.807) is 30.0 Å². The lowest BCUT2D eigenvalue weighted by atomic mass is 10.1. The van der Waals surface area contributed by atoms with Crippen molar-refractivity contribution in [2.45, 2.75) is 12.8 Å². The second-order valence-electron chi connectivity index (χ2n) is 4.78. The van der Waals surface area contributed by atoms with Crippen molar-refractivity contribution in [1.82, 2.24) is 15.0 Å². The topological polar surface area (TPSA) is 70.3 Å². The molecule has 0 amide bonds. The Morgan fingerprint density at radius 2 is 1.95 bits per heavy atom. The van der Waals surface area contributed by atoms with Crippen LogP contribution in [0.3, 0.4) is 0 Å². The third-order valence-electron chi connectivity index (χ3n) is 3.35. The highest BCUT2D eigenvalue weighted by molar-refractivity contribution is 5.75. The molecule has 21 heavy (non-hydrogen) atoms. The molecular weight excluding hydrogens is 273 g/mol. The van der Waals surface area contributed by atoms with Crippen LogP contribution in [-0.4, -0.2) is 19.9 Å². The lowest BCUT2D eigenvalue weighted by molar-refractivity contribution is 0.000692. The standard InChI is InChI=1S/C15H14FN3O2/c16-12-5-6-14-13(7-12)17-9-19(14)8-10-1-3-11(4-2-10)15(20)18-21/h1-7,9,15,18,20-21H,8H2. The van der Waals surface area contributed by atoms with Crippen LogP contribution in [0.25, 0.3) is 11.0 Å². The maximum atomic E-state index is 13.1. The van der Waals surface area contributed by atoms with Crippen LogP contribution in [0.5, 0.6) is 0 Å². The number of aliphatic hydroxyl groups is 1. The Balaban J connectivity index is 1.85. The average molecular weight is 287 g/mol. The van der Waals surface area contributed by atoms with Crippen LogP contribution in [0.4, 0.5) is 4.39 Å². The summed E-state index contributed by atoms with van der Waals surface area (Å²) in [5.41, 5.74) is 4.83. The minimum absolute atomic E-state index is 0.303. The van der Waals surface area contributed by atoms with E-state index in [1.807, 2.05) is 16.7 Å². The van der Waals surface area contributed by atoms with Crippen LogP contribution in [0, 0.1) is 5.82 Å². The predicted octanol–water partition coefficient (Wildman–Crippen LogP) is 2.19. The van der Waals surface area contributed by atoms with Gasteiger partial charge in [-0.25, -0.2) is 9.37 Å². The van der Waals surface area contributed by atoms with E-state index in [0.29, 0.717) is 17.6 Å². The van der Waals surface area contributed by atoms with E-state index < -0.39 is 6.23 Å². The molecule has 1 aromatic heterocycles. The molecule has 3 N–H and O–H groups in total. The molecule has 108 valence electrons. The Morgan fingerprint density at radius 1 is 1.19 bits per heavy atom. The molecule has 3 aromatic rings. The van der Waals surface area contributed by atoms with Gasteiger partial charge in [-0.2, -0.15) is 5.48 Å². The number of hydrogen-bond donors (Lipinski definition) is 3. The molecule has 1 atom stereocenters. The summed E-state index contributed by atoms with van der Waals surface area (Å²) in [6.07, 6.45) is 0.568. The summed E-state index contributed by atoms with van der Waals surface area (Å²) >= 11 is 0. The third-order valence-corrected chi connectivity index (χ3v) is 3.35. The van der Waals surface area contributed by atoms with Crippen LogP contribution in [-0.2, 0) is 6.54 Å². The van der Waals surface area contributed by atoms with Gasteiger partial charge in [-0.15, -0.1) is 0 Å². The summed E-state index contributed by atoms with van der Waals surface area (Å²) in [5.74, 6) is -0.303. The molecule has 0 saturated heterocycles. The monoisotopic (exact) mass is 287 g/mol. The van der Waals surface area contributed by atoms with Crippen molar-refractivity contribution in [3.05, 3.63) is 65.7 Å². The summed E-state index contributed by atoms with van der Waals surface area (Å²) < 4.78 is 15.0. The molecule has 0 radical (unpaired) electrons. The van der Waals surface area contributed by atoms with E-state index in [1.165, 1.54) is 12.1 Å². The van der Waals surface area contributed by atoms with Crippen molar-refractivity contribution in [3.8, 4) is 0 Å². The summed E-state index contributed by atoms with van der Waals surface area (Å²) in [6.45, 7) is 0.588. The first kappa shape index (κ1) is 13.7. The van der Waals surface area contributed by atoms with Crippen molar-refractivity contribution in [2.75, 3.05) is 0 Å². The summed E-state index contributed by atoms with van der Waals surface area (Å²) in [6, 6.07) is 11.7. The summed E-state index contributed by atoms with van der Waals surface area (Å²) in [4.78, 5) is 4.17. The second kappa shape index (κ2) is 5.61. The Bertz CT molecular complexity index is 755. The number of hydrogen-bond acceptors (Lipinski definition) is 4. The highest BCUT2D eigenvalue weighted by Gasteiger charge is 2.07. The fraction of sp³-hybridized carbons (Fsp3) is 0.133. The number of hydroxylamine groups is 1. The Morgan fingerprint density at radius 3 is 2.67 bits per heavy atom. The van der Waals surface area contributed by atoms with Gasteiger partial charge in [0.15, 0.2) is 6.23 Å². The average Bonchev–Trinajstić information content (AvgIpc) is 2.89. The molecule has 3 rings (SSSR count). The van der Waals surface area contributed by atoms with Crippen molar-refractivity contribution >= 4 is 11.0 Å². The van der Waals surface area contributed by atoms with Crippen LogP contribution < -0.4 is 5.48 Å². The highest BCUT2D eigenvalue weighted by atomic mass is 19.1. The van der Waals surface area contributed by atoms with Crippen molar-refractivity contribution < 1.29 is 14.7 Å². The Labute approximate surface area is 120 Å². The fourth-order valence-corrected chi connectivity index (χ4v) is 2.24. The highest BCUT2D eigenvalue weighted by Crippen LogP contribution is 2.17. The second-order valence-corrected chi connectivity index (χ2v) is 4.78. The summed E-state index contributed by atoms with van der Waals surface area (Å²) in [7, 11) is 0. The lowest BCUT2D eigenvalue weighted by Gasteiger charge is -2.10. The van der Waals surface area contributed by atoms with Gasteiger partial charge >= 0.3 is 0 Å². The Hall–Kier alpha value is -2.28. The molecule has 2 aromatic carbocycles. The van der Waals surface area contributed by atoms with Crippen molar-refractivity contribution in [1.29, 1.82) is 0 Å². The van der Waals surface area contributed by atoms with E-state index >= 15 is 0 Å². The maximum absolute atomic E-state index is 13.1. The molecular formula is C15H14FN3O2. The molecule has 0 spiro atoms. The van der Waals surface area contributed by atoms with Gasteiger partial charge in [-0.3, -0.25) is 0 Å². The van der Waals surface area contributed by atoms with E-state index in [9.17, 15) is 9.50 Å². The van der Waals surface area contributed by atoms with Gasteiger partial charge in [0.05, 0.1) is 17.4 Å². The first-order valence-corrected chi connectivity index (χ1v) is 6.44. The van der Waals surface area contributed by atoms with Crippen molar-refractivity contribution in [2.24, 2.45) is 0 Å². The largest absolute Gasteiger partial charge is 0.372 e. The van der Waals surface area contributed by atoms with Crippen LogP contribution in [0.2, 0.25) is 0 Å². The number of aromatic nitrogens is 2. The van der Waals surface area contributed by atoms with Gasteiger partial charge in [0.1, 0.15) is 5.82 Å². The van der Waals surface area contributed by atoms with Crippen LogP contribution >= 0.6 is 0 Å². The van der Waals surface area contributed by atoms with Gasteiger partial charge in [0.2, 0.25) is 0 Å². The molecule has 0 aliphatic rings. The van der Waals surface area contributed by atoms with Crippen LogP contribution in [0.15, 0.2) is 48.8 Å². The molecule has 0 aliphatic heterocycles. The first-order valence-electron chi connectivity index (χ1n) is 6.44. The predicted molar refractivity (Wildman–Crippen MR) is 75.1 cm³/mol. The van der Waals surface area contributed by atoms with Gasteiger partial charge in [-0.05, 0) is 23.3 Å². The zero-order chi connectivity index (χ0) is 14.8. The van der Waals surface area contributed by atoms with Gasteiger partial charge in [0, 0.05) is 12.6 Å². The zero-order valence-electron chi connectivity index (χ0n) is 11.1. The molecule has 0 bridgehead atoms. The number of imidazole rings is 1. The fourth-order valence-electron chi connectivity index (χ4n) is 2.24. The van der Waals surface area contributed by atoms with E-state index in [0.717, 1.165) is 11.1 Å². The normalized spacial score (nSPS) is 12.7. The van der Waals surface area contributed by atoms with Gasteiger partial charge in [0.25, 0.3) is 0 Å². The van der Waals surface area contributed by atoms with E-state index in [2.05, 4.69) is 4.98 Å². The first-order chi connectivity index (χ1) is 10.2. The van der Waals surface area contributed by atoms with Crippen LogP contribution in [0.1, 0.15) is 17.4 Å². The number of aliphatic hydroxyl groups excluding tert-OH is 1.